The smallest absolute Gasteiger partial charge is 0.330 e. The van der Waals surface area contributed by atoms with E-state index in [9.17, 15) is 14.7 Å². The van der Waals surface area contributed by atoms with Crippen molar-refractivity contribution in [3.05, 3.63) is 0 Å². The standard InChI is InChI=1S/C14H19NO4/c1-19-11(17)10(6-16)15-12(18)13-4-8-2-7-3-9(5-13)14(7,8)13/h7-10,16H,2-6H2,1H3,(H,15,18). The first-order valence-electron chi connectivity index (χ1n) is 7.10. The second kappa shape index (κ2) is 3.32. The van der Waals surface area contributed by atoms with Crippen LogP contribution in [-0.4, -0.2) is 36.7 Å². The fraction of sp³-hybridized carbons (Fsp3) is 0.857. The summed E-state index contributed by atoms with van der Waals surface area (Å²) in [5, 5.41) is 11.9. The maximum Gasteiger partial charge on any atom is 0.330 e. The Kier molecular flexibility index (Phi) is 2.04. The Labute approximate surface area is 111 Å². The third-order valence-corrected chi connectivity index (χ3v) is 6.59. The predicted octanol–water partition coefficient (Wildman–Crippen LogP) is 0.0727. The van der Waals surface area contributed by atoms with Crippen molar-refractivity contribution in [3.8, 4) is 0 Å². The first-order chi connectivity index (χ1) is 9.10. The first kappa shape index (κ1) is 11.7. The average Bonchev–Trinajstić information content (AvgIpc) is 2.31. The molecule has 5 heteroatoms. The van der Waals surface area contributed by atoms with Gasteiger partial charge in [0.25, 0.3) is 0 Å². The highest BCUT2D eigenvalue weighted by molar-refractivity contribution is 5.91. The number of esters is 1. The fourth-order valence-corrected chi connectivity index (χ4v) is 5.93. The summed E-state index contributed by atoms with van der Waals surface area (Å²) in [5.41, 5.74) is 0.0815. The molecule has 0 aromatic carbocycles. The van der Waals surface area contributed by atoms with Crippen LogP contribution in [0.15, 0.2) is 0 Å². The predicted molar refractivity (Wildman–Crippen MR) is 64.8 cm³/mol. The lowest BCUT2D eigenvalue weighted by molar-refractivity contribution is -0.413. The van der Waals surface area contributed by atoms with Crippen molar-refractivity contribution in [2.45, 2.75) is 31.7 Å². The average molecular weight is 265 g/mol. The molecular weight excluding hydrogens is 246 g/mol. The minimum atomic E-state index is -0.917. The van der Waals surface area contributed by atoms with E-state index in [1.54, 1.807) is 0 Å². The number of hydrogen-bond acceptors (Lipinski definition) is 4. The van der Waals surface area contributed by atoms with Crippen LogP contribution in [0.2, 0.25) is 0 Å². The summed E-state index contributed by atoms with van der Waals surface area (Å²) in [6.45, 7) is -0.405. The Bertz CT molecular complexity index is 449. The summed E-state index contributed by atoms with van der Waals surface area (Å²) < 4.78 is 4.59. The molecule has 4 saturated carbocycles. The van der Waals surface area contributed by atoms with Crippen LogP contribution in [0.3, 0.4) is 0 Å². The van der Waals surface area contributed by atoms with Crippen LogP contribution >= 0.6 is 0 Å². The topological polar surface area (TPSA) is 75.6 Å². The number of aliphatic hydroxyl groups is 1. The molecule has 0 aromatic heterocycles. The number of nitrogens with one attached hydrogen (secondary N) is 1. The number of carbonyl (C=O) groups excluding carboxylic acids is 2. The van der Waals surface area contributed by atoms with Crippen LogP contribution in [-0.2, 0) is 14.3 Å². The van der Waals surface area contributed by atoms with Gasteiger partial charge in [0.05, 0.1) is 19.1 Å². The Balaban J connectivity index is 1.49. The highest BCUT2D eigenvalue weighted by atomic mass is 16.5. The van der Waals surface area contributed by atoms with E-state index < -0.39 is 18.6 Å². The largest absolute Gasteiger partial charge is 0.467 e. The van der Waals surface area contributed by atoms with Gasteiger partial charge < -0.3 is 15.2 Å². The van der Waals surface area contributed by atoms with E-state index >= 15 is 0 Å². The molecule has 0 aromatic rings. The number of ether oxygens (including phenoxy) is 1. The highest BCUT2D eigenvalue weighted by Crippen LogP contribution is 2.92. The second-order valence-corrected chi connectivity index (χ2v) is 6.72. The van der Waals surface area contributed by atoms with E-state index in [0.717, 1.165) is 30.6 Å². The Hall–Kier alpha value is -1.10. The Morgan fingerprint density at radius 2 is 1.95 bits per heavy atom. The van der Waals surface area contributed by atoms with Crippen LogP contribution < -0.4 is 5.32 Å². The molecule has 3 atom stereocenters. The van der Waals surface area contributed by atoms with Crippen molar-refractivity contribution in [2.75, 3.05) is 13.7 Å². The number of amides is 1. The first-order valence-corrected chi connectivity index (χ1v) is 7.10. The lowest BCUT2D eigenvalue weighted by atomic mass is 9.13. The molecule has 0 heterocycles. The molecule has 0 bridgehead atoms. The number of rotatable bonds is 4. The van der Waals surface area contributed by atoms with Gasteiger partial charge in [-0.25, -0.2) is 4.79 Å². The van der Waals surface area contributed by atoms with Gasteiger partial charge in [-0.05, 0) is 48.9 Å². The zero-order chi connectivity index (χ0) is 13.4. The number of methoxy groups -OCH3 is 1. The molecule has 2 N–H and O–H groups in total. The van der Waals surface area contributed by atoms with Crippen LogP contribution in [0.4, 0.5) is 0 Å². The van der Waals surface area contributed by atoms with E-state index in [1.165, 1.54) is 20.0 Å². The lowest BCUT2D eigenvalue weighted by Crippen LogP contribution is -2.88. The van der Waals surface area contributed by atoms with Crippen molar-refractivity contribution in [2.24, 2.45) is 28.6 Å². The zero-order valence-electron chi connectivity index (χ0n) is 11.0. The molecule has 0 aliphatic heterocycles. The molecule has 5 nitrogen and oxygen atoms in total. The van der Waals surface area contributed by atoms with Crippen molar-refractivity contribution < 1.29 is 19.4 Å². The van der Waals surface area contributed by atoms with Gasteiger partial charge in [-0.15, -0.1) is 0 Å². The van der Waals surface area contributed by atoms with E-state index in [-0.39, 0.29) is 11.3 Å². The summed E-state index contributed by atoms with van der Waals surface area (Å²) in [5.74, 6) is 1.65. The quantitative estimate of drug-likeness (QED) is 0.705. The van der Waals surface area contributed by atoms with Gasteiger partial charge in [-0.3, -0.25) is 4.79 Å². The monoisotopic (exact) mass is 265 g/mol. The summed E-state index contributed by atoms with van der Waals surface area (Å²) in [7, 11) is 1.26. The van der Waals surface area contributed by atoms with Gasteiger partial charge in [0.15, 0.2) is 6.04 Å². The molecule has 3 unspecified atom stereocenters. The number of hydrogen-bond donors (Lipinski definition) is 2. The normalized spacial score (nSPS) is 49.1. The zero-order valence-corrected chi connectivity index (χ0v) is 11.0. The van der Waals surface area contributed by atoms with E-state index in [1.807, 2.05) is 0 Å². The summed E-state index contributed by atoms with van der Waals surface area (Å²) >= 11 is 0. The molecule has 4 aliphatic carbocycles. The molecule has 4 rings (SSSR count). The minimum Gasteiger partial charge on any atom is -0.467 e. The van der Waals surface area contributed by atoms with Crippen LogP contribution in [0.1, 0.15) is 25.7 Å². The molecule has 1 spiro atoms. The maximum atomic E-state index is 12.5. The van der Waals surface area contributed by atoms with Gasteiger partial charge >= 0.3 is 5.97 Å². The van der Waals surface area contributed by atoms with Crippen LogP contribution in [0.25, 0.3) is 0 Å². The van der Waals surface area contributed by atoms with E-state index in [0.29, 0.717) is 5.41 Å². The molecule has 0 saturated heterocycles. The number of aliphatic hydroxyl groups excluding tert-OH is 1. The van der Waals surface area contributed by atoms with Gasteiger partial charge in [0.2, 0.25) is 5.91 Å². The summed E-state index contributed by atoms with van der Waals surface area (Å²) in [6.07, 6.45) is 4.55. The number of carbonyl (C=O) groups is 2. The van der Waals surface area contributed by atoms with Gasteiger partial charge in [-0.2, -0.15) is 0 Å². The fourth-order valence-electron chi connectivity index (χ4n) is 5.93. The Morgan fingerprint density at radius 3 is 2.37 bits per heavy atom. The van der Waals surface area contributed by atoms with Gasteiger partial charge in [-0.1, -0.05) is 0 Å². The van der Waals surface area contributed by atoms with Crippen LogP contribution in [0.5, 0.6) is 0 Å². The van der Waals surface area contributed by atoms with Gasteiger partial charge in [0, 0.05) is 0 Å². The minimum absolute atomic E-state index is 0.0335. The second-order valence-electron chi connectivity index (χ2n) is 6.72. The lowest BCUT2D eigenvalue weighted by Gasteiger charge is -2.90. The molecule has 1 amide bonds. The molecule has 4 aliphatic rings. The SMILES string of the molecule is COC(=O)C(CO)NC(=O)C12CC3CC4CC(C1)C432. The van der Waals surface area contributed by atoms with Gasteiger partial charge in [0.1, 0.15) is 0 Å². The van der Waals surface area contributed by atoms with E-state index in [4.69, 9.17) is 0 Å². The van der Waals surface area contributed by atoms with Crippen LogP contribution in [0, 0.1) is 28.6 Å². The highest BCUT2D eigenvalue weighted by Gasteiger charge is 2.89. The molecule has 0 radical (unpaired) electrons. The Morgan fingerprint density at radius 1 is 1.32 bits per heavy atom. The third-order valence-electron chi connectivity index (χ3n) is 6.59. The molecule has 4 fully saturated rings. The maximum absolute atomic E-state index is 12.5. The molecular formula is C14H19NO4. The summed E-state index contributed by atoms with van der Waals surface area (Å²) in [4.78, 5) is 24.0. The van der Waals surface area contributed by atoms with E-state index in [2.05, 4.69) is 10.1 Å². The van der Waals surface area contributed by atoms with Crippen molar-refractivity contribution in [1.82, 2.24) is 5.32 Å². The summed E-state index contributed by atoms with van der Waals surface area (Å²) in [6, 6.07) is -0.917. The van der Waals surface area contributed by atoms with Crippen molar-refractivity contribution in [3.63, 3.8) is 0 Å². The van der Waals surface area contributed by atoms with Crippen molar-refractivity contribution >= 4 is 11.9 Å². The molecule has 19 heavy (non-hydrogen) atoms. The molecule has 104 valence electrons. The third kappa shape index (κ3) is 0.979. The van der Waals surface area contributed by atoms with Crippen molar-refractivity contribution in [1.29, 1.82) is 0 Å².